The highest BCUT2D eigenvalue weighted by molar-refractivity contribution is 6.09. The Bertz CT molecular complexity index is 975. The summed E-state index contributed by atoms with van der Waals surface area (Å²) in [6, 6.07) is 26.9. The van der Waals surface area contributed by atoms with Gasteiger partial charge in [-0.2, -0.15) is 5.10 Å². The third-order valence-corrected chi connectivity index (χ3v) is 4.80. The molecular weight excluding hydrogens is 332 g/mol. The Morgan fingerprint density at radius 3 is 2.26 bits per heavy atom. The first kappa shape index (κ1) is 17.1. The van der Waals surface area contributed by atoms with Crippen LogP contribution in [0.4, 0.5) is 5.69 Å². The second kappa shape index (κ2) is 7.50. The van der Waals surface area contributed by atoms with Crippen LogP contribution >= 0.6 is 0 Å². The van der Waals surface area contributed by atoms with E-state index in [4.69, 9.17) is 9.84 Å². The molecule has 3 aromatic rings. The zero-order valence-electron chi connectivity index (χ0n) is 15.5. The molecule has 1 unspecified atom stereocenters. The number of benzene rings is 3. The largest absolute Gasteiger partial charge is 0.497 e. The molecule has 0 N–H and O–H groups in total. The van der Waals surface area contributed by atoms with Crippen LogP contribution < -0.4 is 9.75 Å². The summed E-state index contributed by atoms with van der Waals surface area (Å²) in [5.74, 6) is 0.845. The molecule has 1 aliphatic heterocycles. The number of ether oxygens (including phenoxy) is 1. The van der Waals surface area contributed by atoms with Gasteiger partial charge >= 0.3 is 0 Å². The van der Waals surface area contributed by atoms with Crippen LogP contribution in [0.5, 0.6) is 5.75 Å². The number of nitrogens with zero attached hydrogens (tertiary/aromatic N) is 2. The van der Waals surface area contributed by atoms with Gasteiger partial charge < -0.3 is 4.74 Å². The van der Waals surface area contributed by atoms with Gasteiger partial charge in [0.05, 0.1) is 24.6 Å². The molecule has 4 rings (SSSR count). The van der Waals surface area contributed by atoms with E-state index in [-0.39, 0.29) is 6.04 Å². The number of anilines is 1. The van der Waals surface area contributed by atoms with E-state index in [1.165, 1.54) is 11.1 Å². The van der Waals surface area contributed by atoms with Crippen molar-refractivity contribution in [2.45, 2.75) is 13.0 Å². The smallest absolute Gasteiger partial charge is 0.118 e. The molecule has 3 heteroatoms. The first-order valence-electron chi connectivity index (χ1n) is 9.07. The zero-order valence-corrected chi connectivity index (χ0v) is 15.5. The van der Waals surface area contributed by atoms with Crippen LogP contribution in [0, 0.1) is 6.92 Å². The van der Waals surface area contributed by atoms with E-state index in [2.05, 4.69) is 72.6 Å². The predicted molar refractivity (Wildman–Crippen MR) is 112 cm³/mol. The van der Waals surface area contributed by atoms with Crippen molar-refractivity contribution in [1.82, 2.24) is 0 Å². The molecule has 0 saturated heterocycles. The van der Waals surface area contributed by atoms with Crippen LogP contribution in [0.2, 0.25) is 0 Å². The number of rotatable bonds is 4. The predicted octanol–water partition coefficient (Wildman–Crippen LogP) is 5.53. The van der Waals surface area contributed by atoms with Crippen molar-refractivity contribution in [3.05, 3.63) is 108 Å². The van der Waals surface area contributed by atoms with Crippen LogP contribution in [0.3, 0.4) is 0 Å². The van der Waals surface area contributed by atoms with Gasteiger partial charge in [0, 0.05) is 5.56 Å². The molecule has 3 nitrogen and oxygen atoms in total. The van der Waals surface area contributed by atoms with Crippen molar-refractivity contribution in [2.24, 2.45) is 5.10 Å². The average molecular weight is 354 g/mol. The standard InChI is InChI=1S/C24H22N2O/c1-18-8-6-7-11-23(18)26-24(20-9-4-3-5-10-20)17-16-22(25-26)19-12-14-21(27-2)15-13-19/h3-17,24H,1-2H3. The number of hydrogen-bond acceptors (Lipinski definition) is 3. The van der Waals surface area contributed by atoms with Crippen molar-refractivity contribution in [2.75, 3.05) is 12.1 Å². The fourth-order valence-corrected chi connectivity index (χ4v) is 3.32. The molecule has 1 atom stereocenters. The summed E-state index contributed by atoms with van der Waals surface area (Å²) in [5, 5.41) is 7.13. The third-order valence-electron chi connectivity index (χ3n) is 4.80. The maximum absolute atomic E-state index is 5.27. The van der Waals surface area contributed by atoms with E-state index in [0.29, 0.717) is 0 Å². The Labute approximate surface area is 160 Å². The van der Waals surface area contributed by atoms with Crippen molar-refractivity contribution in [3.8, 4) is 5.75 Å². The normalized spacial score (nSPS) is 16.1. The fourth-order valence-electron chi connectivity index (χ4n) is 3.32. The summed E-state index contributed by atoms with van der Waals surface area (Å²) in [6.07, 6.45) is 4.32. The summed E-state index contributed by atoms with van der Waals surface area (Å²) in [5.41, 5.74) is 5.54. The molecular formula is C24H22N2O. The highest BCUT2D eigenvalue weighted by Crippen LogP contribution is 2.33. The molecule has 134 valence electrons. The maximum atomic E-state index is 5.27. The molecule has 0 aliphatic carbocycles. The van der Waals surface area contributed by atoms with E-state index in [0.717, 1.165) is 22.7 Å². The Morgan fingerprint density at radius 2 is 1.56 bits per heavy atom. The van der Waals surface area contributed by atoms with Gasteiger partial charge in [-0.3, -0.25) is 5.01 Å². The van der Waals surface area contributed by atoms with Crippen molar-refractivity contribution in [1.29, 1.82) is 0 Å². The highest BCUT2D eigenvalue weighted by Gasteiger charge is 2.23. The first-order chi connectivity index (χ1) is 13.3. The molecule has 27 heavy (non-hydrogen) atoms. The zero-order chi connectivity index (χ0) is 18.6. The SMILES string of the molecule is COc1ccc(C2=NN(c3ccccc3C)C(c3ccccc3)C=C2)cc1. The molecule has 0 saturated carbocycles. The lowest BCUT2D eigenvalue weighted by molar-refractivity contribution is 0.415. The van der Waals surface area contributed by atoms with Crippen LogP contribution in [0.25, 0.3) is 0 Å². The van der Waals surface area contributed by atoms with Crippen LogP contribution in [0.1, 0.15) is 22.7 Å². The number of hydrazone groups is 1. The minimum absolute atomic E-state index is 0.0642. The second-order valence-corrected chi connectivity index (χ2v) is 6.56. The summed E-state index contributed by atoms with van der Waals surface area (Å²) >= 11 is 0. The van der Waals surface area contributed by atoms with E-state index in [9.17, 15) is 0 Å². The van der Waals surface area contributed by atoms with Gasteiger partial charge in [0.15, 0.2) is 0 Å². The highest BCUT2D eigenvalue weighted by atomic mass is 16.5. The van der Waals surface area contributed by atoms with Gasteiger partial charge in [0.25, 0.3) is 0 Å². The Hall–Kier alpha value is -3.33. The molecule has 0 fully saturated rings. The van der Waals surface area contributed by atoms with Gasteiger partial charge in [0.2, 0.25) is 0 Å². The minimum atomic E-state index is 0.0642. The first-order valence-corrected chi connectivity index (χ1v) is 9.07. The minimum Gasteiger partial charge on any atom is -0.497 e. The van der Waals surface area contributed by atoms with Crippen LogP contribution in [0.15, 0.2) is 96.1 Å². The summed E-state index contributed by atoms with van der Waals surface area (Å²) in [7, 11) is 1.68. The molecule has 0 bridgehead atoms. The molecule has 1 aliphatic rings. The van der Waals surface area contributed by atoms with E-state index in [1.54, 1.807) is 7.11 Å². The van der Waals surface area contributed by atoms with Gasteiger partial charge in [-0.25, -0.2) is 0 Å². The van der Waals surface area contributed by atoms with Crippen LogP contribution in [-0.4, -0.2) is 12.8 Å². The topological polar surface area (TPSA) is 24.8 Å². The van der Waals surface area contributed by atoms with Gasteiger partial charge in [-0.15, -0.1) is 0 Å². The summed E-state index contributed by atoms with van der Waals surface area (Å²) in [6.45, 7) is 2.12. The number of hydrogen-bond donors (Lipinski definition) is 0. The number of allylic oxidation sites excluding steroid dienone is 1. The van der Waals surface area contributed by atoms with Crippen molar-refractivity contribution < 1.29 is 4.74 Å². The van der Waals surface area contributed by atoms with E-state index < -0.39 is 0 Å². The number of para-hydroxylation sites is 1. The third kappa shape index (κ3) is 3.49. The van der Waals surface area contributed by atoms with E-state index >= 15 is 0 Å². The Kier molecular flexibility index (Phi) is 4.75. The molecule has 0 aromatic heterocycles. The van der Waals surface area contributed by atoms with Gasteiger partial charge in [-0.1, -0.05) is 54.6 Å². The van der Waals surface area contributed by atoms with Gasteiger partial charge in [0.1, 0.15) is 5.75 Å². The molecule has 0 radical (unpaired) electrons. The quantitative estimate of drug-likeness (QED) is 0.616. The monoisotopic (exact) mass is 354 g/mol. The van der Waals surface area contributed by atoms with E-state index in [1.807, 2.05) is 30.3 Å². The molecule has 1 heterocycles. The van der Waals surface area contributed by atoms with Gasteiger partial charge in [-0.05, 0) is 54.5 Å². The molecule has 0 spiro atoms. The lowest BCUT2D eigenvalue weighted by Crippen LogP contribution is -2.27. The Balaban J connectivity index is 1.77. The Morgan fingerprint density at radius 1 is 0.852 bits per heavy atom. The fraction of sp³-hybridized carbons (Fsp3) is 0.125. The second-order valence-electron chi connectivity index (χ2n) is 6.56. The van der Waals surface area contributed by atoms with Crippen LogP contribution in [-0.2, 0) is 0 Å². The summed E-state index contributed by atoms with van der Waals surface area (Å²) < 4.78 is 5.27. The lowest BCUT2D eigenvalue weighted by atomic mass is 10.0. The maximum Gasteiger partial charge on any atom is 0.118 e. The lowest BCUT2D eigenvalue weighted by Gasteiger charge is -2.32. The molecule has 0 amide bonds. The molecule has 3 aromatic carbocycles. The van der Waals surface area contributed by atoms with Crippen molar-refractivity contribution in [3.63, 3.8) is 0 Å². The van der Waals surface area contributed by atoms with Crippen molar-refractivity contribution >= 4 is 11.4 Å². The average Bonchev–Trinajstić information content (AvgIpc) is 2.74. The number of methoxy groups -OCH3 is 1. The summed E-state index contributed by atoms with van der Waals surface area (Å²) in [4.78, 5) is 0. The number of aryl methyl sites for hydroxylation is 1.